The number of rotatable bonds is 2. The molecule has 0 saturated heterocycles. The van der Waals surface area contributed by atoms with Crippen LogP contribution in [0.5, 0.6) is 0 Å². The molecule has 5 nitrogen and oxygen atoms in total. The number of allylic oxidation sites excluding steroid dienone is 1. The molecule has 0 amide bonds. The van der Waals surface area contributed by atoms with E-state index in [1.807, 2.05) is 30.5 Å². The average molecular weight is 781 g/mol. The zero-order valence-electron chi connectivity index (χ0n) is 27.5. The van der Waals surface area contributed by atoms with Crippen molar-refractivity contribution in [2.24, 2.45) is 5.41 Å². The van der Waals surface area contributed by atoms with Crippen LogP contribution in [0.4, 0.5) is 17.1 Å². The van der Waals surface area contributed by atoms with Gasteiger partial charge in [0.1, 0.15) is 0 Å². The molecule has 3 aliphatic heterocycles. The second kappa shape index (κ2) is 11.9. The molecule has 3 aliphatic rings. The maximum Gasteiger partial charge on any atom is 3.00 e. The number of nitrogens with zero attached hydrogens (tertiary/aromatic N) is 5. The average Bonchev–Trinajstić information content (AvgIpc) is 3.72. The molecule has 0 spiro atoms. The summed E-state index contributed by atoms with van der Waals surface area (Å²) in [5.41, 5.74) is 11.4. The minimum Gasteiger partial charge on any atom is -0.500 e. The molecule has 232 valence electrons. The van der Waals surface area contributed by atoms with Gasteiger partial charge in [-0.1, -0.05) is 86.5 Å². The second-order valence-corrected chi connectivity index (χ2v) is 13.3. The van der Waals surface area contributed by atoms with Crippen molar-refractivity contribution in [3.8, 4) is 11.4 Å². The number of fused-ring (bicyclic) bond motifs is 6. The van der Waals surface area contributed by atoms with Crippen LogP contribution in [0.1, 0.15) is 44.4 Å². The molecule has 0 atom stereocenters. The summed E-state index contributed by atoms with van der Waals surface area (Å²) in [6.07, 6.45) is 6.19. The first-order valence-electron chi connectivity index (χ1n) is 15.6. The molecule has 0 N–H and O–H groups in total. The molecule has 5 aromatic rings. The van der Waals surface area contributed by atoms with E-state index in [-0.39, 0.29) is 37.9 Å². The Balaban J connectivity index is 0.000000158. The first-order valence-corrected chi connectivity index (χ1v) is 15.6. The van der Waals surface area contributed by atoms with E-state index in [2.05, 4.69) is 165 Å². The zero-order chi connectivity index (χ0) is 31.5. The van der Waals surface area contributed by atoms with Gasteiger partial charge in [-0.3, -0.25) is 4.98 Å². The maximum absolute atomic E-state index is 4.57. The van der Waals surface area contributed by atoms with Crippen molar-refractivity contribution in [2.75, 3.05) is 21.7 Å². The van der Waals surface area contributed by atoms with Crippen LogP contribution in [-0.4, -0.2) is 23.5 Å². The zero-order valence-corrected chi connectivity index (χ0v) is 29.9. The largest absolute Gasteiger partial charge is 3.00 e. The molecule has 1 aromatic heterocycles. The minimum absolute atomic E-state index is 0. The topological polar surface area (TPSA) is 27.5 Å². The van der Waals surface area contributed by atoms with E-state index >= 15 is 0 Å². The SMILES string of the molecule is CC1(C)C2=CN(c3[c-]cccc3)[CH-]N2c2ccccc2C1(C)C.Cc1cccc(C)c1B1N(C)c2ccc[c-]c2-c2nccn21.[Ir+3]. The third-order valence-corrected chi connectivity index (χ3v) is 10.3. The van der Waals surface area contributed by atoms with Crippen LogP contribution in [-0.2, 0) is 25.5 Å². The molecule has 0 saturated carbocycles. The first-order chi connectivity index (χ1) is 21.6. The van der Waals surface area contributed by atoms with Gasteiger partial charge in [0.25, 0.3) is 0 Å². The van der Waals surface area contributed by atoms with Gasteiger partial charge in [0.2, 0.25) is 0 Å². The number of para-hydroxylation sites is 2. The smallest absolute Gasteiger partial charge is 0.500 e. The van der Waals surface area contributed by atoms with Gasteiger partial charge in [-0.25, -0.2) is 0 Å². The molecule has 0 radical (unpaired) electrons. The molecule has 0 fully saturated rings. The fourth-order valence-electron chi connectivity index (χ4n) is 7.10. The number of anilines is 3. The number of hydrogen-bond acceptors (Lipinski definition) is 4. The molecule has 0 bridgehead atoms. The van der Waals surface area contributed by atoms with Gasteiger partial charge in [-0.2, -0.15) is 30.3 Å². The summed E-state index contributed by atoms with van der Waals surface area (Å²) >= 11 is 0. The van der Waals surface area contributed by atoms with Crippen LogP contribution in [0.3, 0.4) is 0 Å². The van der Waals surface area contributed by atoms with Crippen molar-refractivity contribution in [1.29, 1.82) is 0 Å². The number of benzene rings is 4. The minimum atomic E-state index is 0. The van der Waals surface area contributed by atoms with E-state index in [0.717, 1.165) is 17.1 Å². The predicted octanol–water partition coefficient (Wildman–Crippen LogP) is 7.75. The van der Waals surface area contributed by atoms with Crippen molar-refractivity contribution in [3.63, 3.8) is 0 Å². The standard InChI is InChI=1S/C21H22N2.C18H17BN3.Ir/c1-20(2)17-12-8-9-13-18(17)23-15-22(14-19(23)21(20,3)4)16-10-6-5-7-11-16;1-13-7-6-8-14(2)17(13)19-21(3)16-10-5-4-9-15(16)18-20-11-12-22(18)19;/h5-10,12-15H,1-4H3;4-8,10-12H,1-3H3;/q-2;-1;+3. The van der Waals surface area contributed by atoms with Crippen LogP contribution < -0.4 is 20.1 Å². The summed E-state index contributed by atoms with van der Waals surface area (Å²) in [4.78, 5) is 11.4. The second-order valence-electron chi connectivity index (χ2n) is 13.3. The third-order valence-electron chi connectivity index (χ3n) is 10.3. The van der Waals surface area contributed by atoms with Gasteiger partial charge in [0.05, 0.1) is 0 Å². The maximum atomic E-state index is 4.57. The number of hydrogen-bond donors (Lipinski definition) is 0. The summed E-state index contributed by atoms with van der Waals surface area (Å²) in [6.45, 7) is 16.0. The van der Waals surface area contributed by atoms with Crippen LogP contribution in [0, 0.1) is 38.1 Å². The van der Waals surface area contributed by atoms with Crippen molar-refractivity contribution in [3.05, 3.63) is 145 Å². The van der Waals surface area contributed by atoms with E-state index in [0.29, 0.717) is 0 Å². The third kappa shape index (κ3) is 4.92. The van der Waals surface area contributed by atoms with Crippen molar-refractivity contribution < 1.29 is 20.1 Å². The Morgan fingerprint density at radius 1 is 0.783 bits per heavy atom. The Labute approximate surface area is 288 Å². The molecule has 8 rings (SSSR count). The van der Waals surface area contributed by atoms with Crippen LogP contribution >= 0.6 is 0 Å². The Morgan fingerprint density at radius 3 is 2.22 bits per heavy atom. The summed E-state index contributed by atoms with van der Waals surface area (Å²) in [7, 11) is 2.14. The van der Waals surface area contributed by atoms with E-state index in [1.165, 1.54) is 39.2 Å². The van der Waals surface area contributed by atoms with Crippen molar-refractivity contribution in [1.82, 2.24) is 9.46 Å². The van der Waals surface area contributed by atoms with Crippen molar-refractivity contribution >= 4 is 29.5 Å². The number of aromatic nitrogens is 2. The van der Waals surface area contributed by atoms with E-state index in [4.69, 9.17) is 0 Å². The van der Waals surface area contributed by atoms with E-state index in [1.54, 1.807) is 0 Å². The molecular weight excluding hydrogens is 741 g/mol. The van der Waals surface area contributed by atoms with Gasteiger partial charge >= 0.3 is 27.1 Å². The van der Waals surface area contributed by atoms with Gasteiger partial charge in [-0.15, -0.1) is 36.6 Å². The summed E-state index contributed by atoms with van der Waals surface area (Å²) in [5.74, 6) is 0.987. The van der Waals surface area contributed by atoms with Gasteiger partial charge in [-0.05, 0) is 44.2 Å². The molecule has 46 heavy (non-hydrogen) atoms. The molecular formula is C39H39BIrN5. The fourth-order valence-corrected chi connectivity index (χ4v) is 7.10. The normalized spacial score (nSPS) is 16.6. The van der Waals surface area contributed by atoms with E-state index in [9.17, 15) is 0 Å². The Bertz CT molecular complexity index is 1890. The van der Waals surface area contributed by atoms with Gasteiger partial charge < -0.3 is 19.1 Å². The quantitative estimate of drug-likeness (QED) is 0.135. The van der Waals surface area contributed by atoms with Gasteiger partial charge in [0.15, 0.2) is 0 Å². The van der Waals surface area contributed by atoms with Crippen LogP contribution in [0.25, 0.3) is 11.4 Å². The Hall–Kier alpha value is -4.06. The molecule has 0 unspecified atom stereocenters. The number of imidazole rings is 1. The van der Waals surface area contributed by atoms with Gasteiger partial charge in [0, 0.05) is 40.4 Å². The molecule has 7 heteroatoms. The molecule has 4 aromatic carbocycles. The summed E-state index contributed by atoms with van der Waals surface area (Å²) < 4.78 is 2.24. The van der Waals surface area contributed by atoms with Crippen LogP contribution in [0.15, 0.2) is 109 Å². The Morgan fingerprint density at radius 2 is 1.48 bits per heavy atom. The summed E-state index contributed by atoms with van der Waals surface area (Å²) in [6, 6.07) is 36.1. The monoisotopic (exact) mass is 781 g/mol. The molecule has 4 heterocycles. The first kappa shape index (κ1) is 31.9. The molecule has 0 aliphatic carbocycles. The number of aryl methyl sites for hydroxylation is 2. The van der Waals surface area contributed by atoms with Crippen molar-refractivity contribution in [2.45, 2.75) is 47.0 Å². The van der Waals surface area contributed by atoms with E-state index < -0.39 is 0 Å². The van der Waals surface area contributed by atoms with Crippen LogP contribution in [0.2, 0.25) is 0 Å². The summed E-state index contributed by atoms with van der Waals surface area (Å²) in [5, 5.41) is 0. The predicted molar refractivity (Wildman–Crippen MR) is 187 cm³/mol. The fraction of sp³-hybridized carbons (Fsp3) is 0.231. The Kier molecular flexibility index (Phi) is 8.29.